The van der Waals surface area contributed by atoms with Crippen LogP contribution in [0.2, 0.25) is 0 Å². The molecule has 76 valence electrons. The van der Waals surface area contributed by atoms with Crippen molar-refractivity contribution in [2.45, 2.75) is 19.9 Å². The fourth-order valence-electron chi connectivity index (χ4n) is 1.46. The van der Waals surface area contributed by atoms with E-state index in [0.29, 0.717) is 0 Å². The molecule has 0 saturated heterocycles. The Bertz CT molecular complexity index is 425. The lowest BCUT2D eigenvalue weighted by molar-refractivity contribution is 0.697. The van der Waals surface area contributed by atoms with Gasteiger partial charge in [0.05, 0.1) is 17.4 Å². The molecule has 2 aromatic rings. The van der Waals surface area contributed by atoms with Crippen molar-refractivity contribution in [2.24, 2.45) is 0 Å². The highest BCUT2D eigenvalue weighted by atomic mass is 79.9. The predicted octanol–water partition coefficient (Wildman–Crippen LogP) is 3.63. The molecule has 2 nitrogen and oxygen atoms in total. The van der Waals surface area contributed by atoms with Gasteiger partial charge in [-0.1, -0.05) is 22.9 Å². The Kier molecular flexibility index (Phi) is 3.96. The summed E-state index contributed by atoms with van der Waals surface area (Å²) in [6.07, 6.45) is 3.04. The summed E-state index contributed by atoms with van der Waals surface area (Å²) < 4.78 is 3.27. The molecular formula is C10H12BrClN2. The molecule has 0 aliphatic heterocycles. The van der Waals surface area contributed by atoms with E-state index >= 15 is 0 Å². The van der Waals surface area contributed by atoms with E-state index in [0.717, 1.165) is 23.0 Å². The van der Waals surface area contributed by atoms with Crippen LogP contribution >= 0.6 is 28.3 Å². The summed E-state index contributed by atoms with van der Waals surface area (Å²) in [4.78, 5) is 4.33. The third kappa shape index (κ3) is 2.10. The summed E-state index contributed by atoms with van der Waals surface area (Å²) >= 11 is 3.43. The lowest BCUT2D eigenvalue weighted by Crippen LogP contribution is -1.93. The third-order valence-corrected chi connectivity index (χ3v) is 2.54. The van der Waals surface area contributed by atoms with Crippen molar-refractivity contribution in [2.75, 3.05) is 0 Å². The SMILES string of the molecule is CCCn1cnc2cc(Br)ccc21.Cl. The molecule has 0 fully saturated rings. The number of fused-ring (bicyclic) bond motifs is 1. The van der Waals surface area contributed by atoms with Crippen LogP contribution in [0.1, 0.15) is 13.3 Å². The predicted molar refractivity (Wildman–Crippen MR) is 65.0 cm³/mol. The Labute approximate surface area is 97.9 Å². The Morgan fingerprint density at radius 1 is 1.43 bits per heavy atom. The first-order chi connectivity index (χ1) is 6.31. The molecule has 1 aromatic heterocycles. The molecule has 1 heterocycles. The van der Waals surface area contributed by atoms with Gasteiger partial charge in [-0.05, 0) is 24.6 Å². The molecule has 0 aliphatic carbocycles. The zero-order valence-corrected chi connectivity index (χ0v) is 10.3. The number of rotatable bonds is 2. The summed E-state index contributed by atoms with van der Waals surface area (Å²) in [6.45, 7) is 3.21. The molecule has 1 aromatic carbocycles. The highest BCUT2D eigenvalue weighted by Gasteiger charge is 2.00. The average Bonchev–Trinajstić information content (AvgIpc) is 2.49. The van der Waals surface area contributed by atoms with Gasteiger partial charge in [-0.2, -0.15) is 0 Å². The van der Waals surface area contributed by atoms with E-state index in [-0.39, 0.29) is 12.4 Å². The third-order valence-electron chi connectivity index (χ3n) is 2.05. The minimum Gasteiger partial charge on any atom is -0.331 e. The lowest BCUT2D eigenvalue weighted by atomic mass is 10.3. The molecule has 0 atom stereocenters. The van der Waals surface area contributed by atoms with Crippen LogP contribution in [0.3, 0.4) is 0 Å². The normalized spacial score (nSPS) is 10.1. The van der Waals surface area contributed by atoms with E-state index in [1.165, 1.54) is 5.52 Å². The quantitative estimate of drug-likeness (QED) is 0.818. The highest BCUT2D eigenvalue weighted by Crippen LogP contribution is 2.18. The van der Waals surface area contributed by atoms with Gasteiger partial charge in [0.1, 0.15) is 0 Å². The van der Waals surface area contributed by atoms with Gasteiger partial charge in [-0.25, -0.2) is 4.98 Å². The van der Waals surface area contributed by atoms with Crippen LogP contribution < -0.4 is 0 Å². The van der Waals surface area contributed by atoms with Crippen LogP contribution in [0.25, 0.3) is 11.0 Å². The van der Waals surface area contributed by atoms with Gasteiger partial charge in [-0.3, -0.25) is 0 Å². The molecule has 0 spiro atoms. The van der Waals surface area contributed by atoms with Gasteiger partial charge in [0.15, 0.2) is 0 Å². The first-order valence-corrected chi connectivity index (χ1v) is 5.21. The first kappa shape index (κ1) is 11.5. The lowest BCUT2D eigenvalue weighted by Gasteiger charge is -2.00. The van der Waals surface area contributed by atoms with Crippen LogP contribution in [0.4, 0.5) is 0 Å². The Morgan fingerprint density at radius 2 is 2.21 bits per heavy atom. The molecular weight excluding hydrogens is 263 g/mol. The molecule has 0 radical (unpaired) electrons. The van der Waals surface area contributed by atoms with Crippen molar-refractivity contribution in [3.05, 3.63) is 29.0 Å². The Morgan fingerprint density at radius 3 is 2.93 bits per heavy atom. The number of nitrogens with zero attached hydrogens (tertiary/aromatic N) is 2. The number of hydrogen-bond acceptors (Lipinski definition) is 1. The maximum Gasteiger partial charge on any atom is 0.0958 e. The minimum atomic E-state index is 0. The van der Waals surface area contributed by atoms with Crippen molar-refractivity contribution in [1.82, 2.24) is 9.55 Å². The average molecular weight is 276 g/mol. The second-order valence-corrected chi connectivity index (χ2v) is 3.99. The molecule has 0 aliphatic rings. The smallest absolute Gasteiger partial charge is 0.0958 e. The number of benzene rings is 1. The van der Waals surface area contributed by atoms with Crippen LogP contribution in [0.15, 0.2) is 29.0 Å². The van der Waals surface area contributed by atoms with Crippen molar-refractivity contribution in [3.8, 4) is 0 Å². The van der Waals surface area contributed by atoms with Gasteiger partial charge < -0.3 is 4.57 Å². The molecule has 14 heavy (non-hydrogen) atoms. The fourth-order valence-corrected chi connectivity index (χ4v) is 1.81. The molecule has 2 rings (SSSR count). The van der Waals surface area contributed by atoms with Crippen LogP contribution in [0, 0.1) is 0 Å². The van der Waals surface area contributed by atoms with E-state index in [9.17, 15) is 0 Å². The van der Waals surface area contributed by atoms with E-state index in [2.05, 4.69) is 44.5 Å². The summed E-state index contributed by atoms with van der Waals surface area (Å²) in [6, 6.07) is 6.19. The van der Waals surface area contributed by atoms with E-state index in [1.54, 1.807) is 0 Å². The van der Waals surface area contributed by atoms with Gasteiger partial charge >= 0.3 is 0 Å². The standard InChI is InChI=1S/C10H11BrN2.ClH/c1-2-5-13-7-12-9-6-8(11)3-4-10(9)13;/h3-4,6-7H,2,5H2,1H3;1H. The minimum absolute atomic E-state index is 0. The van der Waals surface area contributed by atoms with Crippen molar-refractivity contribution in [1.29, 1.82) is 0 Å². The summed E-state index contributed by atoms with van der Waals surface area (Å²) in [7, 11) is 0. The largest absolute Gasteiger partial charge is 0.331 e. The van der Waals surface area contributed by atoms with E-state index in [4.69, 9.17) is 0 Å². The first-order valence-electron chi connectivity index (χ1n) is 4.41. The van der Waals surface area contributed by atoms with E-state index in [1.807, 2.05) is 12.4 Å². The number of hydrogen-bond donors (Lipinski definition) is 0. The van der Waals surface area contributed by atoms with Crippen LogP contribution in [-0.4, -0.2) is 9.55 Å². The zero-order chi connectivity index (χ0) is 9.26. The van der Waals surface area contributed by atoms with Crippen molar-refractivity contribution in [3.63, 3.8) is 0 Å². The van der Waals surface area contributed by atoms with Gasteiger partial charge in [0.25, 0.3) is 0 Å². The second kappa shape index (κ2) is 4.80. The van der Waals surface area contributed by atoms with Gasteiger partial charge in [0.2, 0.25) is 0 Å². The maximum absolute atomic E-state index is 4.33. The molecule has 0 N–H and O–H groups in total. The number of aryl methyl sites for hydroxylation is 1. The number of halogens is 2. The van der Waals surface area contributed by atoms with Gasteiger partial charge in [-0.15, -0.1) is 12.4 Å². The summed E-state index contributed by atoms with van der Waals surface area (Å²) in [5.74, 6) is 0. The summed E-state index contributed by atoms with van der Waals surface area (Å²) in [5.41, 5.74) is 2.27. The Hall–Kier alpha value is -0.540. The fraction of sp³-hybridized carbons (Fsp3) is 0.300. The molecule has 0 bridgehead atoms. The van der Waals surface area contributed by atoms with Crippen LogP contribution in [-0.2, 0) is 6.54 Å². The van der Waals surface area contributed by atoms with E-state index < -0.39 is 0 Å². The topological polar surface area (TPSA) is 17.8 Å². The summed E-state index contributed by atoms with van der Waals surface area (Å²) in [5, 5.41) is 0. The second-order valence-electron chi connectivity index (χ2n) is 3.07. The van der Waals surface area contributed by atoms with Crippen molar-refractivity contribution < 1.29 is 0 Å². The zero-order valence-electron chi connectivity index (χ0n) is 7.90. The van der Waals surface area contributed by atoms with Gasteiger partial charge in [0, 0.05) is 11.0 Å². The molecule has 0 saturated carbocycles. The number of imidazole rings is 1. The van der Waals surface area contributed by atoms with Crippen LogP contribution in [0.5, 0.6) is 0 Å². The number of aromatic nitrogens is 2. The van der Waals surface area contributed by atoms with Crippen molar-refractivity contribution >= 4 is 39.4 Å². The molecule has 4 heteroatoms. The molecule has 0 amide bonds. The highest BCUT2D eigenvalue weighted by molar-refractivity contribution is 9.10. The monoisotopic (exact) mass is 274 g/mol. The Balaban J connectivity index is 0.000000980. The molecule has 0 unspecified atom stereocenters. The maximum atomic E-state index is 4.33.